The van der Waals surface area contributed by atoms with Gasteiger partial charge in [-0.25, -0.2) is 26.4 Å². The third-order valence-corrected chi connectivity index (χ3v) is 27.9. The maximum atomic E-state index is 12.9. The van der Waals surface area contributed by atoms with Gasteiger partial charge in [0.15, 0.2) is 0 Å². The number of nitrogens with zero attached hydrogens (tertiary/aromatic N) is 5. The number of aliphatic hydroxyl groups is 4. The van der Waals surface area contributed by atoms with E-state index in [0.717, 1.165) is 97.7 Å². The van der Waals surface area contributed by atoms with Gasteiger partial charge in [-0.1, -0.05) is 239 Å². The molecule has 17 aromatic rings. The van der Waals surface area contributed by atoms with Crippen LogP contribution in [0, 0.1) is 6.92 Å². The van der Waals surface area contributed by atoms with Gasteiger partial charge < -0.3 is 92.2 Å². The van der Waals surface area contributed by atoms with E-state index in [2.05, 4.69) is 199 Å². The molecular weight excluding hydrogens is 1860 g/mol. The number of ether oxygens (including phenoxy) is 8. The fourth-order valence-corrected chi connectivity index (χ4v) is 20.3. The number of fused-ring (bicyclic) bond motifs is 15. The molecule has 1 unspecified atom stereocenters. The summed E-state index contributed by atoms with van der Waals surface area (Å²) in [5.74, 6) is -0.538. The molecule has 0 radical (unpaired) electrons. The van der Waals surface area contributed by atoms with Crippen LogP contribution in [0.3, 0.4) is 0 Å². The molecule has 3 fully saturated rings. The molecule has 11 atom stereocenters. The molecule has 0 aliphatic carbocycles. The number of nitrogens with two attached hydrogens (primary N) is 1. The highest BCUT2D eigenvalue weighted by Crippen LogP contribution is 2.41. The Hall–Kier alpha value is -12.3. The zero-order valence-electron chi connectivity index (χ0n) is 79.3. The van der Waals surface area contributed by atoms with Crippen molar-refractivity contribution in [3.63, 3.8) is 0 Å². The van der Waals surface area contributed by atoms with Crippen molar-refractivity contribution < 1.29 is 93.1 Å². The van der Waals surface area contributed by atoms with Gasteiger partial charge >= 0.3 is 12.5 Å². The number of rotatable bonds is 13. The first-order valence-corrected chi connectivity index (χ1v) is 50.8. The summed E-state index contributed by atoms with van der Waals surface area (Å²) in [6.07, 6.45) is -1.28. The second-order valence-corrected chi connectivity index (χ2v) is 39.9. The fourth-order valence-electron chi connectivity index (χ4n) is 18.3. The van der Waals surface area contributed by atoms with E-state index >= 15 is 0 Å². The topological polar surface area (TPSA) is 317 Å². The molecule has 5 aromatic heterocycles. The number of H-pyrrole nitrogens is 1. The van der Waals surface area contributed by atoms with Crippen LogP contribution in [0.15, 0.2) is 325 Å². The number of sulfonamides is 1. The highest BCUT2D eigenvalue weighted by molar-refractivity contribution is 8.13. The third-order valence-electron chi connectivity index (χ3n) is 25.1. The van der Waals surface area contributed by atoms with Crippen LogP contribution in [0.2, 0.25) is 0 Å². The van der Waals surface area contributed by atoms with E-state index < -0.39 is 79.4 Å². The quantitative estimate of drug-likeness (QED) is 0.0320. The van der Waals surface area contributed by atoms with Crippen LogP contribution in [-0.4, -0.2) is 212 Å². The Morgan fingerprint density at radius 2 is 0.794 bits per heavy atom. The Balaban J connectivity index is 0.000000126. The van der Waals surface area contributed by atoms with Gasteiger partial charge in [-0.2, -0.15) is 0 Å². The molecule has 8 N–H and O–H groups in total. The maximum absolute atomic E-state index is 12.9. The number of hydrogen-bond acceptors (Lipinski definition) is 19. The molecule has 22 rings (SSSR count). The lowest BCUT2D eigenvalue weighted by molar-refractivity contribution is -0.274. The van der Waals surface area contributed by atoms with E-state index in [9.17, 15) is 55.2 Å². The van der Waals surface area contributed by atoms with Crippen LogP contribution in [0.1, 0.15) is 71.3 Å². The summed E-state index contributed by atoms with van der Waals surface area (Å²) in [6, 6.07) is 90.4. The fraction of sp³-hybridized carbons (Fsp3) is 0.300. The Morgan fingerprint density at radius 1 is 0.440 bits per heavy atom. The van der Waals surface area contributed by atoms with Gasteiger partial charge in [0, 0.05) is 120 Å². The average Bonchev–Trinajstić information content (AvgIpc) is 1.61. The van der Waals surface area contributed by atoms with Gasteiger partial charge in [-0.15, -0.1) is 13.2 Å². The minimum Gasteiger partial charge on any atom is -0.429 e. The van der Waals surface area contributed by atoms with Crippen molar-refractivity contribution in [3.8, 4) is 5.75 Å². The van der Waals surface area contributed by atoms with Gasteiger partial charge in [-0.05, 0) is 150 Å². The Kier molecular flexibility index (Phi) is 34.1. The van der Waals surface area contributed by atoms with Crippen molar-refractivity contribution in [3.05, 3.63) is 321 Å². The molecule has 0 spiro atoms. The lowest BCUT2D eigenvalue weighted by Gasteiger charge is -2.36. The minimum absolute atomic E-state index is 0.0662. The van der Waals surface area contributed by atoms with E-state index in [4.69, 9.17) is 49.6 Å². The van der Waals surface area contributed by atoms with E-state index in [1.807, 2.05) is 127 Å². The highest BCUT2D eigenvalue weighted by Gasteiger charge is 2.40. The third kappa shape index (κ3) is 24.9. The van der Waals surface area contributed by atoms with Crippen LogP contribution in [0.5, 0.6) is 5.75 Å². The predicted molar refractivity (Wildman–Crippen MR) is 550 cm³/mol. The second-order valence-electron chi connectivity index (χ2n) is 35.6. The maximum Gasteiger partial charge on any atom is 0.573 e. The lowest BCUT2D eigenvalue weighted by Crippen LogP contribution is -2.53. The van der Waals surface area contributed by atoms with Gasteiger partial charge in [0.25, 0.3) is 9.05 Å². The molecule has 740 valence electrons. The molecule has 0 bridgehead atoms. The summed E-state index contributed by atoms with van der Waals surface area (Å²) in [5, 5.41) is 53.9. The molecule has 25 nitrogen and oxygen atoms in total. The molecule has 0 saturated carbocycles. The zero-order chi connectivity index (χ0) is 99.7. The standard InChI is InChI=1S/C24H21F3N2O5S.C17H18N2O2.C17H17NO3.C17H15NO.C12H9N.C10H16O4.C7H7ClO2S.C6H15N/c25-24(26,27)34-15-9-11-16(12-10-15)35(31,32)28-19-13-33-14-22(23(19)30)29-20-7-3-1-5-17(20)18-6-2-4-8-21(18)29;18-13-9-21-10-16(17(13)20)19-14-7-3-1-5-11(14)12-6-2-4-8-15(12)19;19-16-10-21-9-15(17(16)20)18-13-7-3-1-5-11(13)12-6-2-4-8-14(12)18;1-3-9-16-14(7-1)15-8-2-4-10-17(15)18(16)13-6-5-11-19-12-13;1-3-7-11-9(5-1)10-6-2-4-8-12(10)13-11;1-10(2,3)14-9(11)13-8-5-4-6-12-7-8;1-6-2-4-7(5-3-6)11(8,9)10;1-4-7(5-2)6-3/h1-12,19,22-23,28,30H,13-14H2;1-8,13,16-17,20H,9-10,18H2;1-8,15-17,19-20H,9-10H2;1-10,13H,11-12H2;1-8,13H;4-5,8H,6-7H2,1-3H3;2-5H,1H3;4-6H2,1-3H3/t19-,22+,23+;13-,16+,17+;15-,16-,17+;13-;;;;/m1101..../s1. The summed E-state index contributed by atoms with van der Waals surface area (Å²) in [4.78, 5) is 16.8. The number of aliphatic hydroxyl groups excluding tert-OH is 4. The van der Waals surface area contributed by atoms with Crippen LogP contribution in [0.25, 0.3) is 109 Å². The summed E-state index contributed by atoms with van der Waals surface area (Å²) in [5.41, 5.74) is 17.5. The summed E-state index contributed by atoms with van der Waals surface area (Å²) in [7, 11) is -2.63. The van der Waals surface area contributed by atoms with E-state index in [0.29, 0.717) is 39.1 Å². The number of alkyl halides is 3. The largest absolute Gasteiger partial charge is 0.573 e. The van der Waals surface area contributed by atoms with Crippen molar-refractivity contribution in [1.29, 1.82) is 0 Å². The van der Waals surface area contributed by atoms with Gasteiger partial charge in [0.05, 0.1) is 124 Å². The lowest BCUT2D eigenvalue weighted by atomic mass is 10.0. The van der Waals surface area contributed by atoms with E-state index in [1.165, 1.54) is 86.2 Å². The molecule has 31 heteroatoms. The first-order chi connectivity index (χ1) is 67.9. The van der Waals surface area contributed by atoms with Crippen molar-refractivity contribution >= 4 is 145 Å². The van der Waals surface area contributed by atoms with Crippen molar-refractivity contribution in [2.75, 3.05) is 85.7 Å². The Morgan fingerprint density at radius 3 is 1.16 bits per heavy atom. The smallest absolute Gasteiger partial charge is 0.429 e. The molecule has 3 saturated heterocycles. The SMILES string of the molecule is C1=C[C@@H](n2c3ccccc3c3ccccc32)COC1.CC(C)(C)OC(=O)OC1C=CCOC1.CCN(CC)CC.Cc1ccc(S(=O)(=O)Cl)cc1.N[C@@H]1COC[C@H](n2c3ccccc3c3ccccc32)[C@H]1O.O=S(=O)(N[C@@H]1COC[C@H](n2c3ccccc3c3ccccc32)[C@H]1O)c1ccc(OC(F)(F)F)cc1.O[C@H]1[C@@H](O)COC[C@@H]1n1c2ccccc2c2ccccc21.c1ccc2c(c1)[nH]c1ccccc12. The number of carbonyl (C=O) groups excluding carboxylic acids is 1. The minimum atomic E-state index is -4.88. The zero-order valence-corrected chi connectivity index (χ0v) is 81.7. The normalized spacial score (nSPS) is 20.4. The predicted octanol–water partition coefficient (Wildman–Crippen LogP) is 20.5. The van der Waals surface area contributed by atoms with Gasteiger partial charge in [0.1, 0.15) is 29.7 Å². The first kappa shape index (κ1) is 103. The number of hydrogen-bond donors (Lipinski definition) is 7. The molecular formula is C110H118ClF3N8O17S2. The average molecular weight is 1980 g/mol. The summed E-state index contributed by atoms with van der Waals surface area (Å²) < 4.78 is 137. The molecule has 5 aliphatic rings. The van der Waals surface area contributed by atoms with Crippen LogP contribution >= 0.6 is 10.7 Å². The van der Waals surface area contributed by atoms with Crippen LogP contribution < -0.4 is 15.2 Å². The molecule has 0 amide bonds. The second kappa shape index (κ2) is 46.6. The number of aromatic nitrogens is 5. The van der Waals surface area contributed by atoms with E-state index in [1.54, 1.807) is 39.0 Å². The van der Waals surface area contributed by atoms with Crippen molar-refractivity contribution in [1.82, 2.24) is 32.9 Å². The highest BCUT2D eigenvalue weighted by atomic mass is 35.7. The van der Waals surface area contributed by atoms with Crippen LogP contribution in [0.4, 0.5) is 18.0 Å². The number of aryl methyl sites for hydroxylation is 1. The van der Waals surface area contributed by atoms with Crippen molar-refractivity contribution in [2.45, 2.75) is 137 Å². The first-order valence-electron chi connectivity index (χ1n) is 47.0. The molecule has 10 heterocycles. The molecule has 141 heavy (non-hydrogen) atoms. The molecule has 12 aromatic carbocycles. The summed E-state index contributed by atoms with van der Waals surface area (Å²) >= 11 is 0. The van der Waals surface area contributed by atoms with E-state index in [-0.39, 0.29) is 53.8 Å². The Labute approximate surface area is 821 Å². The molecule has 5 aliphatic heterocycles. The van der Waals surface area contributed by atoms with Crippen molar-refractivity contribution in [2.24, 2.45) is 5.73 Å². The van der Waals surface area contributed by atoms with Gasteiger partial charge in [-0.3, -0.25) is 0 Å². The number of nitrogens with one attached hydrogen (secondary N) is 2. The van der Waals surface area contributed by atoms with Gasteiger partial charge in [0.2, 0.25) is 10.0 Å². The number of benzene rings is 12. The number of aromatic amines is 1. The number of halogens is 4. The summed E-state index contributed by atoms with van der Waals surface area (Å²) in [6.45, 7) is 21.4. The van der Waals surface area contributed by atoms with Crippen LogP contribution in [-0.2, 0) is 52.2 Å². The monoisotopic (exact) mass is 1980 g/mol. The number of para-hydroxylation sites is 10. The Bertz CT molecular complexity index is 7000. The number of carbonyl (C=O) groups is 1.